The molecule has 1 aromatic carbocycles. The van der Waals surface area contributed by atoms with E-state index >= 15 is 0 Å². The number of carbonyl (C=O) groups excluding carboxylic acids is 1. The molecule has 0 saturated carbocycles. The van der Waals surface area contributed by atoms with E-state index in [9.17, 15) is 4.79 Å². The van der Waals surface area contributed by atoms with Crippen LogP contribution in [0.1, 0.15) is 5.69 Å². The molecule has 7 heteroatoms. The van der Waals surface area contributed by atoms with E-state index in [-0.39, 0.29) is 19.1 Å². The van der Waals surface area contributed by atoms with Crippen LogP contribution >= 0.6 is 0 Å². The summed E-state index contributed by atoms with van der Waals surface area (Å²) in [6, 6.07) is 11.5. The molecular formula is C14H13N5O2. The highest BCUT2D eigenvalue weighted by molar-refractivity contribution is 5.78. The smallest absolute Gasteiger partial charge is 0.328 e. The van der Waals surface area contributed by atoms with Crippen LogP contribution in [0.25, 0.3) is 10.9 Å². The van der Waals surface area contributed by atoms with Crippen LogP contribution in [-0.4, -0.2) is 25.7 Å². The molecule has 3 rings (SSSR count). The number of hydrogen-bond donors (Lipinski definition) is 1. The Labute approximate surface area is 120 Å². The fourth-order valence-electron chi connectivity index (χ4n) is 1.91. The van der Waals surface area contributed by atoms with E-state index in [1.807, 2.05) is 36.4 Å². The number of esters is 1. The molecule has 0 atom stereocenters. The normalized spacial score (nSPS) is 10.7. The highest BCUT2D eigenvalue weighted by atomic mass is 16.5. The van der Waals surface area contributed by atoms with E-state index in [1.165, 1.54) is 11.0 Å². The molecule has 0 unspecified atom stereocenters. The van der Waals surface area contributed by atoms with Crippen LogP contribution in [-0.2, 0) is 22.7 Å². The van der Waals surface area contributed by atoms with Crippen molar-refractivity contribution >= 4 is 22.8 Å². The lowest BCUT2D eigenvalue weighted by Gasteiger charge is -2.05. The van der Waals surface area contributed by atoms with Gasteiger partial charge in [-0.2, -0.15) is 0 Å². The van der Waals surface area contributed by atoms with Gasteiger partial charge in [-0.05, 0) is 12.1 Å². The number of fused-ring (bicyclic) bond motifs is 1. The first-order valence-corrected chi connectivity index (χ1v) is 6.36. The van der Waals surface area contributed by atoms with Crippen molar-refractivity contribution in [2.75, 3.05) is 5.73 Å². The molecule has 0 saturated heterocycles. The van der Waals surface area contributed by atoms with Crippen LogP contribution in [0.3, 0.4) is 0 Å². The fraction of sp³-hybridized carbons (Fsp3) is 0.143. The molecule has 2 N–H and O–H groups in total. The van der Waals surface area contributed by atoms with Crippen molar-refractivity contribution in [3.8, 4) is 0 Å². The average Bonchev–Trinajstić information content (AvgIpc) is 2.90. The molecule has 7 nitrogen and oxygen atoms in total. The second-order valence-electron chi connectivity index (χ2n) is 4.46. The maximum Gasteiger partial charge on any atom is 0.328 e. The molecule has 0 fully saturated rings. The first-order valence-electron chi connectivity index (χ1n) is 6.36. The summed E-state index contributed by atoms with van der Waals surface area (Å²) in [5.41, 5.74) is 6.93. The summed E-state index contributed by atoms with van der Waals surface area (Å²) in [6.07, 6.45) is 1.38. The maximum absolute atomic E-state index is 11.7. The molecule has 0 aliphatic carbocycles. The van der Waals surface area contributed by atoms with Crippen LogP contribution in [0.15, 0.2) is 42.7 Å². The first kappa shape index (κ1) is 13.0. The number of anilines is 1. The van der Waals surface area contributed by atoms with Crippen molar-refractivity contribution in [1.29, 1.82) is 0 Å². The fourth-order valence-corrected chi connectivity index (χ4v) is 1.91. The molecule has 0 radical (unpaired) electrons. The number of pyridine rings is 1. The van der Waals surface area contributed by atoms with Gasteiger partial charge in [-0.3, -0.25) is 4.79 Å². The minimum absolute atomic E-state index is 0.0300. The van der Waals surface area contributed by atoms with Crippen LogP contribution in [0.4, 0.5) is 5.95 Å². The minimum Gasteiger partial charge on any atom is -0.458 e. The van der Waals surface area contributed by atoms with E-state index in [4.69, 9.17) is 10.5 Å². The van der Waals surface area contributed by atoms with Gasteiger partial charge in [0, 0.05) is 5.39 Å². The quantitative estimate of drug-likeness (QED) is 0.722. The third-order valence-electron chi connectivity index (χ3n) is 2.88. The average molecular weight is 283 g/mol. The monoisotopic (exact) mass is 283 g/mol. The Morgan fingerprint density at radius 3 is 2.90 bits per heavy atom. The van der Waals surface area contributed by atoms with Crippen molar-refractivity contribution in [1.82, 2.24) is 19.7 Å². The third kappa shape index (κ3) is 3.14. The Hall–Kier alpha value is -2.96. The van der Waals surface area contributed by atoms with Crippen molar-refractivity contribution in [3.05, 3.63) is 48.4 Å². The molecule has 2 aromatic heterocycles. The number of benzene rings is 1. The van der Waals surface area contributed by atoms with Crippen molar-refractivity contribution < 1.29 is 9.53 Å². The van der Waals surface area contributed by atoms with Gasteiger partial charge in [0.2, 0.25) is 5.95 Å². The lowest BCUT2D eigenvalue weighted by Crippen LogP contribution is -2.14. The van der Waals surface area contributed by atoms with Crippen LogP contribution in [0.5, 0.6) is 0 Å². The van der Waals surface area contributed by atoms with Gasteiger partial charge in [-0.15, -0.1) is 5.10 Å². The van der Waals surface area contributed by atoms with Gasteiger partial charge in [-0.1, -0.05) is 24.3 Å². The molecule has 0 bridgehead atoms. The largest absolute Gasteiger partial charge is 0.458 e. The van der Waals surface area contributed by atoms with Gasteiger partial charge < -0.3 is 10.5 Å². The number of ether oxygens (including phenoxy) is 1. The van der Waals surface area contributed by atoms with Gasteiger partial charge in [0.15, 0.2) is 0 Å². The number of aromatic nitrogens is 4. The predicted octanol–water partition coefficient (Wildman–Crippen LogP) is 1.15. The molecule has 106 valence electrons. The van der Waals surface area contributed by atoms with E-state index in [0.29, 0.717) is 5.69 Å². The summed E-state index contributed by atoms with van der Waals surface area (Å²) < 4.78 is 6.48. The summed E-state index contributed by atoms with van der Waals surface area (Å²) in [4.78, 5) is 19.8. The van der Waals surface area contributed by atoms with Gasteiger partial charge in [0.05, 0.1) is 11.2 Å². The Morgan fingerprint density at radius 2 is 2.10 bits per heavy atom. The zero-order valence-electron chi connectivity index (χ0n) is 11.1. The molecule has 0 aliphatic rings. The topological polar surface area (TPSA) is 95.9 Å². The van der Waals surface area contributed by atoms with E-state index < -0.39 is 5.97 Å². The van der Waals surface area contributed by atoms with Crippen LogP contribution in [0, 0.1) is 0 Å². The third-order valence-corrected chi connectivity index (χ3v) is 2.88. The van der Waals surface area contributed by atoms with Gasteiger partial charge in [0.1, 0.15) is 19.5 Å². The summed E-state index contributed by atoms with van der Waals surface area (Å²) >= 11 is 0. The van der Waals surface area contributed by atoms with Gasteiger partial charge in [0.25, 0.3) is 0 Å². The number of carbonyl (C=O) groups is 1. The number of rotatable bonds is 4. The zero-order valence-corrected chi connectivity index (χ0v) is 11.1. The summed E-state index contributed by atoms with van der Waals surface area (Å²) in [5, 5.41) is 4.86. The van der Waals surface area contributed by atoms with E-state index in [2.05, 4.69) is 15.1 Å². The zero-order chi connectivity index (χ0) is 14.7. The summed E-state index contributed by atoms with van der Waals surface area (Å²) in [7, 11) is 0. The SMILES string of the molecule is Nc1ncn(CC(=O)OCc2ccc3ccccc3n2)n1. The van der Waals surface area contributed by atoms with Crippen LogP contribution < -0.4 is 5.73 Å². The molecule has 3 aromatic rings. The standard InChI is InChI=1S/C14H13N5O2/c15-14-16-9-19(18-14)7-13(20)21-8-11-6-5-10-3-1-2-4-12(10)17-11/h1-6,9H,7-8H2,(H2,15,18). The van der Waals surface area contributed by atoms with E-state index in [0.717, 1.165) is 10.9 Å². The number of hydrogen-bond acceptors (Lipinski definition) is 6. The molecule has 0 aliphatic heterocycles. The van der Waals surface area contributed by atoms with Crippen molar-refractivity contribution in [3.63, 3.8) is 0 Å². The molecule has 0 spiro atoms. The number of nitrogens with two attached hydrogens (primary N) is 1. The summed E-state index contributed by atoms with van der Waals surface area (Å²) in [5.74, 6) is -0.297. The Kier molecular flexibility index (Phi) is 3.46. The minimum atomic E-state index is -0.421. The number of para-hydroxylation sites is 1. The number of nitrogen functional groups attached to an aromatic ring is 1. The Morgan fingerprint density at radius 1 is 1.24 bits per heavy atom. The Bertz CT molecular complexity index is 784. The molecule has 21 heavy (non-hydrogen) atoms. The molecule has 2 heterocycles. The maximum atomic E-state index is 11.7. The van der Waals surface area contributed by atoms with Crippen molar-refractivity contribution in [2.24, 2.45) is 0 Å². The van der Waals surface area contributed by atoms with Crippen molar-refractivity contribution in [2.45, 2.75) is 13.2 Å². The lowest BCUT2D eigenvalue weighted by atomic mass is 10.2. The molecule has 0 amide bonds. The highest BCUT2D eigenvalue weighted by Gasteiger charge is 2.07. The summed E-state index contributed by atoms with van der Waals surface area (Å²) in [6.45, 7) is 0.0889. The molecular weight excluding hydrogens is 270 g/mol. The van der Waals surface area contributed by atoms with Crippen LogP contribution in [0.2, 0.25) is 0 Å². The first-order chi connectivity index (χ1) is 10.2. The lowest BCUT2D eigenvalue weighted by molar-refractivity contribution is -0.146. The highest BCUT2D eigenvalue weighted by Crippen LogP contribution is 2.12. The Balaban J connectivity index is 1.61. The van der Waals surface area contributed by atoms with E-state index in [1.54, 1.807) is 0 Å². The van der Waals surface area contributed by atoms with Gasteiger partial charge >= 0.3 is 5.97 Å². The van der Waals surface area contributed by atoms with Gasteiger partial charge in [-0.25, -0.2) is 14.6 Å². The number of nitrogens with zero attached hydrogens (tertiary/aromatic N) is 4. The second-order valence-corrected chi connectivity index (χ2v) is 4.46. The second kappa shape index (κ2) is 5.58. The predicted molar refractivity (Wildman–Crippen MR) is 76.0 cm³/mol.